The van der Waals surface area contributed by atoms with Crippen molar-refractivity contribution in [3.63, 3.8) is 0 Å². The van der Waals surface area contributed by atoms with Gasteiger partial charge in [-0.2, -0.15) is 5.26 Å². The Kier molecular flexibility index (Phi) is 15.2. The normalized spacial score (nSPS) is 14.2. The van der Waals surface area contributed by atoms with Gasteiger partial charge in [-0.15, -0.1) is 0 Å². The minimum absolute atomic E-state index is 0.166. The number of nitriles is 1. The molecule has 0 saturated heterocycles. The molecule has 36 heavy (non-hydrogen) atoms. The van der Waals surface area contributed by atoms with Crippen molar-refractivity contribution in [2.24, 2.45) is 0 Å². The Morgan fingerprint density at radius 1 is 1.00 bits per heavy atom. The van der Waals surface area contributed by atoms with Crippen molar-refractivity contribution < 1.29 is 13.8 Å². The number of rotatable bonds is 18. The number of hydrogen-bond acceptors (Lipinski definition) is 5. The van der Waals surface area contributed by atoms with Gasteiger partial charge in [0.2, 0.25) is 5.91 Å². The topological polar surface area (TPSA) is 74.6 Å². The van der Waals surface area contributed by atoms with E-state index in [1.807, 2.05) is 0 Å². The van der Waals surface area contributed by atoms with Gasteiger partial charge < -0.3 is 14.4 Å². The predicted octanol–water partition coefficient (Wildman–Crippen LogP) is 6.86. The number of nitrogens with one attached hydrogen (secondary N) is 1. The lowest BCUT2D eigenvalue weighted by molar-refractivity contribution is -0.121. The number of nitrogens with zero attached hydrogens (tertiary/aromatic N) is 2. The Balaban J connectivity index is 1.53. The smallest absolute Gasteiger partial charge is 0.259 e. The molecule has 0 heterocycles. The summed E-state index contributed by atoms with van der Waals surface area (Å²) in [6.45, 7) is 10.4. The summed E-state index contributed by atoms with van der Waals surface area (Å²) in [4.78, 5) is 12.2. The van der Waals surface area contributed by atoms with E-state index in [4.69, 9.17) is 14.3 Å². The highest BCUT2D eigenvalue weighted by atomic mass is 31.2. The first-order chi connectivity index (χ1) is 17.4. The number of unbranched alkanes of at least 4 members (excludes halogenated alkanes) is 3. The molecular weight excluding hydrogens is 469 g/mol. The minimum atomic E-state index is -1.15. The molecule has 1 aromatic carbocycles. The van der Waals surface area contributed by atoms with Crippen LogP contribution in [0.3, 0.4) is 0 Å². The van der Waals surface area contributed by atoms with Gasteiger partial charge in [0.1, 0.15) is 0 Å². The van der Waals surface area contributed by atoms with Crippen LogP contribution in [-0.2, 0) is 33.1 Å². The molecule has 1 aromatic rings. The molecule has 0 spiro atoms. The molecule has 1 aliphatic carbocycles. The number of carbonyl (C=O) groups is 1. The fraction of sp³-hybridized carbons (Fsp3) is 0.724. The van der Waals surface area contributed by atoms with Gasteiger partial charge in [-0.05, 0) is 95.8 Å². The molecular formula is C29H48N3O3P. The number of carbonyl (C=O) groups excluding carboxylic acids is 1. The lowest BCUT2D eigenvalue weighted by atomic mass is 9.89. The lowest BCUT2D eigenvalue weighted by Gasteiger charge is -2.35. The van der Waals surface area contributed by atoms with Crippen molar-refractivity contribution in [1.82, 2.24) is 9.99 Å². The molecule has 1 atom stereocenters. The molecule has 1 unspecified atom stereocenters. The van der Waals surface area contributed by atoms with E-state index in [-0.39, 0.29) is 5.91 Å². The molecule has 0 aliphatic heterocycles. The summed E-state index contributed by atoms with van der Waals surface area (Å²) in [5.74, 6) is 0.166. The first-order valence-corrected chi connectivity index (χ1v) is 15.1. The van der Waals surface area contributed by atoms with Crippen LogP contribution < -0.4 is 5.32 Å². The molecule has 202 valence electrons. The second-order valence-corrected chi connectivity index (χ2v) is 11.8. The van der Waals surface area contributed by atoms with Gasteiger partial charge in [0, 0.05) is 25.0 Å². The molecule has 1 N–H and O–H groups in total. The SMILES string of the molecule is CC(C)N(C(C)C)P(OCCC#N)OCCCCCCNC(=O)CCCc1ccc2c(c1)CCCC2. The summed E-state index contributed by atoms with van der Waals surface area (Å²) < 4.78 is 14.3. The molecule has 0 saturated carbocycles. The monoisotopic (exact) mass is 517 g/mol. The van der Waals surface area contributed by atoms with E-state index < -0.39 is 8.53 Å². The molecule has 6 nitrogen and oxygen atoms in total. The van der Waals surface area contributed by atoms with Gasteiger partial charge >= 0.3 is 0 Å². The lowest BCUT2D eigenvalue weighted by Crippen LogP contribution is -2.33. The van der Waals surface area contributed by atoms with Crippen LogP contribution in [0.4, 0.5) is 0 Å². The van der Waals surface area contributed by atoms with Crippen molar-refractivity contribution >= 4 is 14.4 Å². The fourth-order valence-electron chi connectivity index (χ4n) is 4.75. The number of amides is 1. The Bertz CT molecular complexity index is 801. The molecule has 7 heteroatoms. The Labute approximate surface area is 221 Å². The van der Waals surface area contributed by atoms with Gasteiger partial charge in [0.15, 0.2) is 0 Å². The number of hydrogen-bond donors (Lipinski definition) is 1. The van der Waals surface area contributed by atoms with Gasteiger partial charge in [0.05, 0.1) is 25.7 Å². The summed E-state index contributed by atoms with van der Waals surface area (Å²) in [6.07, 6.45) is 12.0. The van der Waals surface area contributed by atoms with Crippen LogP contribution in [0.2, 0.25) is 0 Å². The zero-order chi connectivity index (χ0) is 26.2. The zero-order valence-corrected chi connectivity index (χ0v) is 24.0. The van der Waals surface area contributed by atoms with Crippen LogP contribution >= 0.6 is 8.53 Å². The standard InChI is InChI=1S/C29H48N3O3P/c1-24(2)32(25(3)4)36(35-22-12-19-30)34-21-10-6-5-9-20-31-29(33)16-11-13-26-17-18-27-14-7-8-15-28(27)23-26/h17-18,23-25H,5-16,20-22H2,1-4H3,(H,31,33). The van der Waals surface area contributed by atoms with Crippen LogP contribution in [0.25, 0.3) is 0 Å². The van der Waals surface area contributed by atoms with Gasteiger partial charge in [-0.1, -0.05) is 31.0 Å². The quantitative estimate of drug-likeness (QED) is 0.170. The van der Waals surface area contributed by atoms with E-state index in [0.717, 1.165) is 45.1 Å². The van der Waals surface area contributed by atoms with Crippen molar-refractivity contribution in [3.8, 4) is 6.07 Å². The molecule has 0 fully saturated rings. The largest absolute Gasteiger partial charge is 0.356 e. The van der Waals surface area contributed by atoms with Crippen LogP contribution in [-0.4, -0.2) is 42.4 Å². The third-order valence-electron chi connectivity index (χ3n) is 6.54. The summed E-state index contributed by atoms with van der Waals surface area (Å²) in [7, 11) is -1.15. The maximum absolute atomic E-state index is 12.2. The van der Waals surface area contributed by atoms with E-state index in [1.165, 1.54) is 42.4 Å². The molecule has 0 bridgehead atoms. The fourth-order valence-corrected chi connectivity index (χ4v) is 6.38. The Morgan fingerprint density at radius 3 is 2.42 bits per heavy atom. The third kappa shape index (κ3) is 11.7. The van der Waals surface area contributed by atoms with Crippen molar-refractivity contribution in [2.45, 2.75) is 117 Å². The number of benzene rings is 1. The first-order valence-electron chi connectivity index (χ1n) is 14.0. The van der Waals surface area contributed by atoms with Gasteiger partial charge in [0.25, 0.3) is 8.53 Å². The van der Waals surface area contributed by atoms with E-state index in [9.17, 15) is 4.79 Å². The molecule has 2 rings (SSSR count). The summed E-state index contributed by atoms with van der Waals surface area (Å²) in [5, 5.41) is 11.9. The average molecular weight is 518 g/mol. The average Bonchev–Trinajstić information content (AvgIpc) is 2.85. The number of aryl methyl sites for hydroxylation is 3. The van der Waals surface area contributed by atoms with Gasteiger partial charge in [-0.3, -0.25) is 4.79 Å². The molecule has 1 aliphatic rings. The zero-order valence-electron chi connectivity index (χ0n) is 23.1. The van der Waals surface area contributed by atoms with Crippen LogP contribution in [0.15, 0.2) is 18.2 Å². The summed E-state index contributed by atoms with van der Waals surface area (Å²) in [5.41, 5.74) is 4.41. The van der Waals surface area contributed by atoms with Crippen LogP contribution in [0, 0.1) is 11.3 Å². The van der Waals surface area contributed by atoms with E-state index >= 15 is 0 Å². The predicted molar refractivity (Wildman–Crippen MR) is 149 cm³/mol. The molecule has 1 amide bonds. The second-order valence-electron chi connectivity index (χ2n) is 10.3. The summed E-state index contributed by atoms with van der Waals surface area (Å²) >= 11 is 0. The van der Waals surface area contributed by atoms with E-state index in [2.05, 4.69) is 62.0 Å². The maximum Gasteiger partial charge on any atom is 0.259 e. The highest BCUT2D eigenvalue weighted by Gasteiger charge is 2.26. The maximum atomic E-state index is 12.2. The third-order valence-corrected chi connectivity index (χ3v) is 8.65. The highest BCUT2D eigenvalue weighted by molar-refractivity contribution is 7.44. The van der Waals surface area contributed by atoms with Crippen molar-refractivity contribution in [1.29, 1.82) is 5.26 Å². The van der Waals surface area contributed by atoms with Crippen LogP contribution in [0.5, 0.6) is 0 Å². The Morgan fingerprint density at radius 2 is 1.69 bits per heavy atom. The number of fused-ring (bicyclic) bond motifs is 1. The van der Waals surface area contributed by atoms with Crippen molar-refractivity contribution in [3.05, 3.63) is 34.9 Å². The first kappa shape index (κ1) is 30.7. The van der Waals surface area contributed by atoms with Crippen LogP contribution in [0.1, 0.15) is 102 Å². The Hall–Kier alpha value is -1.51. The summed E-state index contributed by atoms with van der Waals surface area (Å²) in [6, 6.07) is 9.68. The van der Waals surface area contributed by atoms with E-state index in [0.29, 0.717) is 38.1 Å². The van der Waals surface area contributed by atoms with E-state index in [1.54, 1.807) is 0 Å². The highest BCUT2D eigenvalue weighted by Crippen LogP contribution is 2.46. The van der Waals surface area contributed by atoms with Crippen molar-refractivity contribution in [2.75, 3.05) is 19.8 Å². The molecule has 0 radical (unpaired) electrons. The molecule has 0 aromatic heterocycles. The van der Waals surface area contributed by atoms with Gasteiger partial charge in [-0.25, -0.2) is 4.67 Å². The minimum Gasteiger partial charge on any atom is -0.356 e. The second kappa shape index (κ2) is 17.9.